The Labute approximate surface area is 79.0 Å². The van der Waals surface area contributed by atoms with Gasteiger partial charge in [-0.15, -0.1) is 22.6 Å². The molecule has 0 fully saturated rings. The molecule has 0 saturated carbocycles. The van der Waals surface area contributed by atoms with Gasteiger partial charge in [-0.05, 0) is 6.54 Å². The summed E-state index contributed by atoms with van der Waals surface area (Å²) >= 11 is 1.53. The molecule has 0 unspecified atom stereocenters. The summed E-state index contributed by atoms with van der Waals surface area (Å²) in [6.07, 6.45) is 2.40. The fourth-order valence-corrected chi connectivity index (χ4v) is 1.65. The second kappa shape index (κ2) is 3.79. The second-order valence-corrected chi connectivity index (χ2v) is 3.13. The first-order valence-electron chi connectivity index (χ1n) is 3.26. The summed E-state index contributed by atoms with van der Waals surface area (Å²) < 4.78 is 1.66. The quantitative estimate of drug-likeness (QED) is 0.756. The van der Waals surface area contributed by atoms with Gasteiger partial charge in [-0.3, -0.25) is 0 Å². The minimum absolute atomic E-state index is 0. The Bertz CT molecular complexity index is 327. The molecular weight excluding hydrogens is 198 g/mol. The Kier molecular flexibility index (Phi) is 2.96. The number of nitrogens with zero attached hydrogens (tertiary/aromatic N) is 4. The van der Waals surface area contributed by atoms with Crippen molar-refractivity contribution in [1.82, 2.24) is 19.8 Å². The molecule has 7 heteroatoms. The molecule has 2 N–H and O–H groups in total. The largest absolute Gasteiger partial charge is 0.330 e. The van der Waals surface area contributed by atoms with Crippen LogP contribution in [0.4, 0.5) is 0 Å². The highest BCUT2D eigenvalue weighted by molar-refractivity contribution is 7.16. The topological polar surface area (TPSA) is 69.1 Å². The number of rotatable bonds is 2. The maximum absolute atomic E-state index is 5.37. The van der Waals surface area contributed by atoms with Gasteiger partial charge in [0.05, 0.1) is 0 Å². The van der Waals surface area contributed by atoms with E-state index in [1.807, 2.05) is 0 Å². The number of halogens is 1. The molecule has 0 aliphatic heterocycles. The van der Waals surface area contributed by atoms with Crippen molar-refractivity contribution in [3.8, 4) is 0 Å². The SMILES string of the molecule is Cl.NCCc1nn2cnnc2s1. The summed E-state index contributed by atoms with van der Waals surface area (Å²) in [6.45, 7) is 0.629. The van der Waals surface area contributed by atoms with Crippen LogP contribution in [-0.4, -0.2) is 26.4 Å². The van der Waals surface area contributed by atoms with Gasteiger partial charge in [-0.25, -0.2) is 0 Å². The summed E-state index contributed by atoms with van der Waals surface area (Å²) in [6, 6.07) is 0. The predicted octanol–water partition coefficient (Wildman–Crippen LogP) is 0.109. The van der Waals surface area contributed by atoms with Crippen LogP contribution in [0.15, 0.2) is 6.33 Å². The van der Waals surface area contributed by atoms with Gasteiger partial charge in [0.15, 0.2) is 0 Å². The standard InChI is InChI=1S/C5H7N5S.ClH/c6-2-1-4-9-10-3-7-8-5(10)11-4;/h3H,1-2,6H2;1H. The Morgan fingerprint density at radius 3 is 3.08 bits per heavy atom. The molecule has 5 nitrogen and oxygen atoms in total. The van der Waals surface area contributed by atoms with Crippen LogP contribution >= 0.6 is 23.7 Å². The lowest BCUT2D eigenvalue weighted by Crippen LogP contribution is -2.02. The molecule has 0 amide bonds. The lowest BCUT2D eigenvalue weighted by Gasteiger charge is -1.84. The third kappa shape index (κ3) is 1.55. The molecule has 0 radical (unpaired) electrons. The third-order valence-corrected chi connectivity index (χ3v) is 2.26. The van der Waals surface area contributed by atoms with Crippen LogP contribution < -0.4 is 5.73 Å². The zero-order valence-electron chi connectivity index (χ0n) is 6.17. The van der Waals surface area contributed by atoms with E-state index in [4.69, 9.17) is 5.73 Å². The molecule has 2 rings (SSSR count). The Morgan fingerprint density at radius 1 is 1.58 bits per heavy atom. The molecular formula is C5H8ClN5S. The van der Waals surface area contributed by atoms with Crippen LogP contribution in [0.2, 0.25) is 0 Å². The van der Waals surface area contributed by atoms with E-state index in [-0.39, 0.29) is 12.4 Å². The summed E-state index contributed by atoms with van der Waals surface area (Å²) in [4.78, 5) is 0.827. The van der Waals surface area contributed by atoms with Gasteiger partial charge in [0.2, 0.25) is 4.96 Å². The number of aromatic nitrogens is 4. The second-order valence-electron chi connectivity index (χ2n) is 2.09. The van der Waals surface area contributed by atoms with E-state index in [1.165, 1.54) is 11.3 Å². The average Bonchev–Trinajstić information content (AvgIpc) is 2.46. The van der Waals surface area contributed by atoms with E-state index >= 15 is 0 Å². The summed E-state index contributed by atoms with van der Waals surface area (Å²) in [7, 11) is 0. The van der Waals surface area contributed by atoms with Gasteiger partial charge < -0.3 is 5.73 Å². The van der Waals surface area contributed by atoms with Crippen molar-refractivity contribution in [2.24, 2.45) is 5.73 Å². The van der Waals surface area contributed by atoms with Crippen molar-refractivity contribution in [3.05, 3.63) is 11.3 Å². The summed E-state index contributed by atoms with van der Waals surface area (Å²) in [5, 5.41) is 12.7. The molecule has 0 bridgehead atoms. The van der Waals surface area contributed by atoms with Crippen molar-refractivity contribution < 1.29 is 0 Å². The summed E-state index contributed by atoms with van der Waals surface area (Å²) in [5.74, 6) is 0. The molecule has 0 aliphatic carbocycles. The smallest absolute Gasteiger partial charge is 0.234 e. The highest BCUT2D eigenvalue weighted by atomic mass is 35.5. The lowest BCUT2D eigenvalue weighted by atomic mass is 10.5. The van der Waals surface area contributed by atoms with Gasteiger partial charge in [0, 0.05) is 6.42 Å². The minimum atomic E-state index is 0. The van der Waals surface area contributed by atoms with Crippen LogP contribution in [0, 0.1) is 0 Å². The highest BCUT2D eigenvalue weighted by Crippen LogP contribution is 2.10. The van der Waals surface area contributed by atoms with Crippen LogP contribution in [0.3, 0.4) is 0 Å². The maximum Gasteiger partial charge on any atom is 0.234 e. The van der Waals surface area contributed by atoms with Gasteiger partial charge >= 0.3 is 0 Å². The first kappa shape index (κ1) is 9.37. The van der Waals surface area contributed by atoms with E-state index in [0.29, 0.717) is 6.54 Å². The number of hydrogen-bond donors (Lipinski definition) is 1. The first-order chi connectivity index (χ1) is 5.40. The van der Waals surface area contributed by atoms with Gasteiger partial charge in [0.1, 0.15) is 11.3 Å². The van der Waals surface area contributed by atoms with Crippen LogP contribution in [0.1, 0.15) is 5.01 Å². The van der Waals surface area contributed by atoms with E-state index in [0.717, 1.165) is 16.4 Å². The van der Waals surface area contributed by atoms with E-state index < -0.39 is 0 Å². The Hall–Kier alpha value is -0.720. The molecule has 0 aromatic carbocycles. The van der Waals surface area contributed by atoms with Crippen molar-refractivity contribution in [2.75, 3.05) is 6.54 Å². The van der Waals surface area contributed by atoms with Crippen molar-refractivity contribution >= 4 is 28.7 Å². The molecule has 2 aromatic rings. The van der Waals surface area contributed by atoms with Crippen LogP contribution in [0.25, 0.3) is 4.96 Å². The molecule has 2 heterocycles. The number of fused-ring (bicyclic) bond motifs is 1. The average molecular weight is 206 g/mol. The molecule has 0 spiro atoms. The summed E-state index contributed by atoms with van der Waals surface area (Å²) in [5.41, 5.74) is 5.37. The molecule has 66 valence electrons. The normalized spacial score (nSPS) is 10.1. The van der Waals surface area contributed by atoms with Gasteiger partial charge in [-0.2, -0.15) is 9.61 Å². The van der Waals surface area contributed by atoms with E-state index in [9.17, 15) is 0 Å². The zero-order valence-corrected chi connectivity index (χ0v) is 7.81. The van der Waals surface area contributed by atoms with Crippen molar-refractivity contribution in [3.63, 3.8) is 0 Å². The molecule has 2 aromatic heterocycles. The fourth-order valence-electron chi connectivity index (χ4n) is 0.826. The molecule has 0 atom stereocenters. The van der Waals surface area contributed by atoms with Crippen LogP contribution in [0.5, 0.6) is 0 Å². The van der Waals surface area contributed by atoms with Gasteiger partial charge in [0.25, 0.3) is 0 Å². The molecule has 12 heavy (non-hydrogen) atoms. The third-order valence-electron chi connectivity index (χ3n) is 1.29. The Balaban J connectivity index is 0.000000720. The minimum Gasteiger partial charge on any atom is -0.330 e. The zero-order chi connectivity index (χ0) is 7.68. The molecule has 0 aliphatic rings. The monoisotopic (exact) mass is 205 g/mol. The van der Waals surface area contributed by atoms with Crippen LogP contribution in [-0.2, 0) is 6.42 Å². The fraction of sp³-hybridized carbons (Fsp3) is 0.400. The Morgan fingerprint density at radius 2 is 2.42 bits per heavy atom. The number of hydrogen-bond acceptors (Lipinski definition) is 5. The lowest BCUT2D eigenvalue weighted by molar-refractivity contribution is 0.866. The highest BCUT2D eigenvalue weighted by Gasteiger charge is 2.02. The van der Waals surface area contributed by atoms with Gasteiger partial charge in [-0.1, -0.05) is 11.3 Å². The molecule has 0 saturated heterocycles. The number of nitrogens with two attached hydrogens (primary N) is 1. The van der Waals surface area contributed by atoms with Crippen molar-refractivity contribution in [2.45, 2.75) is 6.42 Å². The maximum atomic E-state index is 5.37. The van der Waals surface area contributed by atoms with E-state index in [1.54, 1.807) is 10.8 Å². The predicted molar refractivity (Wildman–Crippen MR) is 48.7 cm³/mol. The van der Waals surface area contributed by atoms with Crippen molar-refractivity contribution in [1.29, 1.82) is 0 Å². The first-order valence-corrected chi connectivity index (χ1v) is 4.07. The van der Waals surface area contributed by atoms with E-state index in [2.05, 4.69) is 15.3 Å².